The van der Waals surface area contributed by atoms with Gasteiger partial charge < -0.3 is 10.2 Å². The van der Waals surface area contributed by atoms with Crippen molar-refractivity contribution in [3.05, 3.63) is 121 Å². The molecule has 34 heavy (non-hydrogen) atoms. The molecule has 0 radical (unpaired) electrons. The minimum Gasteiger partial charge on any atom is -0.858 e. The maximum absolute atomic E-state index is 12.2. The van der Waals surface area contributed by atoms with Gasteiger partial charge >= 0.3 is 5.90 Å². The summed E-state index contributed by atoms with van der Waals surface area (Å²) in [5.41, 5.74) is 4.24. The van der Waals surface area contributed by atoms with Gasteiger partial charge in [-0.25, -0.2) is 9.56 Å². The highest BCUT2D eigenvalue weighted by Crippen LogP contribution is 2.15. The van der Waals surface area contributed by atoms with E-state index in [9.17, 15) is 10.2 Å². The molecule has 4 aromatic rings. The molecule has 2 heterocycles. The average molecular weight is 453 g/mol. The zero-order valence-electron chi connectivity index (χ0n) is 18.9. The second kappa shape index (κ2) is 11.5. The van der Waals surface area contributed by atoms with Gasteiger partial charge in [-0.15, -0.1) is 0 Å². The van der Waals surface area contributed by atoms with Crippen LogP contribution in [-0.2, 0) is 26.2 Å². The first-order chi connectivity index (χ1) is 16.7. The van der Waals surface area contributed by atoms with Gasteiger partial charge in [-0.3, -0.25) is 4.99 Å². The molecule has 0 saturated carbocycles. The molecule has 170 valence electrons. The summed E-state index contributed by atoms with van der Waals surface area (Å²) < 4.78 is 3.74. The molecule has 2 N–H and O–H groups in total. The van der Waals surface area contributed by atoms with E-state index in [1.807, 2.05) is 119 Å². The molecule has 0 fully saturated rings. The Morgan fingerprint density at radius 3 is 1.76 bits per heavy atom. The third kappa shape index (κ3) is 6.84. The molecule has 0 spiro atoms. The maximum Gasteiger partial charge on any atom is 0.400 e. The summed E-state index contributed by atoms with van der Waals surface area (Å²) in [6, 6.07) is 27.7. The van der Waals surface area contributed by atoms with Crippen molar-refractivity contribution in [3.8, 4) is 11.1 Å². The quantitative estimate of drug-likeness (QED) is 0.227. The molecule has 2 aromatic carbocycles. The van der Waals surface area contributed by atoms with E-state index >= 15 is 0 Å². The first kappa shape index (κ1) is 22.9. The smallest absolute Gasteiger partial charge is 0.400 e. The van der Waals surface area contributed by atoms with Crippen molar-refractivity contribution < 1.29 is 24.3 Å². The SMILES string of the molecule is [O-]C(C[n+]1ccc(-c2cc[n+](CC(O)=[NH+]Cc3ccccc3)cc2)cc1)=NCc1ccccc1. The van der Waals surface area contributed by atoms with Crippen LogP contribution in [0.5, 0.6) is 0 Å². The summed E-state index contributed by atoms with van der Waals surface area (Å²) in [6.45, 7) is 1.57. The number of aliphatic hydroxyl groups is 1. The molecule has 4 rings (SSSR count). The van der Waals surface area contributed by atoms with Gasteiger partial charge in [0.05, 0.1) is 6.54 Å². The lowest BCUT2D eigenvalue weighted by atomic mass is 10.1. The molecule has 0 saturated heterocycles. The van der Waals surface area contributed by atoms with Gasteiger partial charge in [0.2, 0.25) is 0 Å². The van der Waals surface area contributed by atoms with Crippen LogP contribution in [0, 0.1) is 0 Å². The average Bonchev–Trinajstić information content (AvgIpc) is 2.88. The largest absolute Gasteiger partial charge is 0.858 e. The molecule has 6 nitrogen and oxygen atoms in total. The number of rotatable bonds is 9. The van der Waals surface area contributed by atoms with Crippen LogP contribution in [0.15, 0.2) is 115 Å². The summed E-state index contributed by atoms with van der Waals surface area (Å²) >= 11 is 0. The minimum atomic E-state index is -0.153. The van der Waals surface area contributed by atoms with E-state index in [1.54, 1.807) is 0 Å². The van der Waals surface area contributed by atoms with Crippen molar-refractivity contribution in [1.29, 1.82) is 0 Å². The molecular formula is C28H28N4O2+2. The number of benzene rings is 2. The summed E-state index contributed by atoms with van der Waals surface area (Å²) in [4.78, 5) is 7.19. The van der Waals surface area contributed by atoms with Gasteiger partial charge in [0.15, 0.2) is 37.9 Å². The van der Waals surface area contributed by atoms with E-state index in [-0.39, 0.29) is 18.3 Å². The molecule has 6 heteroatoms. The molecule has 0 aliphatic carbocycles. The van der Waals surface area contributed by atoms with Crippen molar-refractivity contribution in [1.82, 2.24) is 0 Å². The summed E-state index contributed by atoms with van der Waals surface area (Å²) in [5.74, 6) is 0.0592. The van der Waals surface area contributed by atoms with Gasteiger partial charge in [0, 0.05) is 35.7 Å². The molecule has 2 aromatic heterocycles. The van der Waals surface area contributed by atoms with Crippen LogP contribution in [0.2, 0.25) is 0 Å². The molecule has 0 aliphatic rings. The topological polar surface area (TPSA) is 77.4 Å². The summed E-state index contributed by atoms with van der Waals surface area (Å²) in [6.07, 6.45) is 7.64. The van der Waals surface area contributed by atoms with Crippen LogP contribution in [0.3, 0.4) is 0 Å². The number of hydrogen-bond acceptors (Lipinski definition) is 2. The number of nitrogens with zero attached hydrogens (tertiary/aromatic N) is 3. The first-order valence-electron chi connectivity index (χ1n) is 11.2. The third-order valence-electron chi connectivity index (χ3n) is 5.39. The Hall–Kier alpha value is -4.32. The fourth-order valence-electron chi connectivity index (χ4n) is 3.51. The highest BCUT2D eigenvalue weighted by molar-refractivity contribution is 5.69. The van der Waals surface area contributed by atoms with Crippen molar-refractivity contribution in [3.63, 3.8) is 0 Å². The molecule has 0 aliphatic heterocycles. The Morgan fingerprint density at radius 2 is 1.21 bits per heavy atom. The van der Waals surface area contributed by atoms with Crippen LogP contribution in [0.1, 0.15) is 11.1 Å². The van der Waals surface area contributed by atoms with Gasteiger partial charge in [0.1, 0.15) is 0 Å². The van der Waals surface area contributed by atoms with Crippen molar-refractivity contribution in [2.75, 3.05) is 0 Å². The predicted octanol–water partition coefficient (Wildman–Crippen LogP) is 1.12. The lowest BCUT2D eigenvalue weighted by Crippen LogP contribution is -2.73. The van der Waals surface area contributed by atoms with Crippen LogP contribution in [-0.4, -0.2) is 16.9 Å². The number of aliphatic hydroxyl groups excluding tert-OH is 1. The second-order valence-electron chi connectivity index (χ2n) is 8.00. The molecular weight excluding hydrogens is 424 g/mol. The number of aromatic nitrogens is 2. The van der Waals surface area contributed by atoms with E-state index in [0.29, 0.717) is 19.6 Å². The number of pyridine rings is 2. The fourth-order valence-corrected chi connectivity index (χ4v) is 3.51. The highest BCUT2D eigenvalue weighted by atomic mass is 16.3. The fraction of sp³-hybridized carbons (Fsp3) is 0.143. The Kier molecular flexibility index (Phi) is 7.74. The lowest BCUT2D eigenvalue weighted by Gasteiger charge is -2.07. The van der Waals surface area contributed by atoms with Gasteiger partial charge in [-0.1, -0.05) is 60.7 Å². The molecule has 0 unspecified atom stereocenters. The van der Waals surface area contributed by atoms with E-state index in [0.717, 1.165) is 22.3 Å². The first-order valence-corrected chi connectivity index (χ1v) is 11.2. The Bertz CT molecular complexity index is 1140. The van der Waals surface area contributed by atoms with Crippen molar-refractivity contribution in [2.24, 2.45) is 4.99 Å². The predicted molar refractivity (Wildman–Crippen MR) is 129 cm³/mol. The number of hydrogen-bond donors (Lipinski definition) is 2. The highest BCUT2D eigenvalue weighted by Gasteiger charge is 2.12. The second-order valence-corrected chi connectivity index (χ2v) is 8.00. The molecule has 0 atom stereocenters. The van der Waals surface area contributed by atoms with Gasteiger partial charge in [-0.2, -0.15) is 4.57 Å². The zero-order valence-corrected chi connectivity index (χ0v) is 18.9. The maximum atomic E-state index is 12.2. The minimum absolute atomic E-state index is 0.153. The van der Waals surface area contributed by atoms with E-state index in [2.05, 4.69) is 9.98 Å². The standard InChI is InChI=1S/C28H26N4O2/c33-27(29-19-23-7-3-1-4-8-23)21-31-15-11-25(12-16-31)26-13-17-32(18-14-26)22-28(34)30-20-24-9-5-2-6-10-24/h1-18H,19-22H2/p+2. The van der Waals surface area contributed by atoms with Crippen molar-refractivity contribution >= 4 is 11.8 Å². The Morgan fingerprint density at radius 1 is 0.706 bits per heavy atom. The molecule has 0 amide bonds. The zero-order chi connectivity index (χ0) is 23.6. The Balaban J connectivity index is 1.32. The van der Waals surface area contributed by atoms with E-state index < -0.39 is 0 Å². The lowest BCUT2D eigenvalue weighted by molar-refractivity contribution is -0.690. The monoisotopic (exact) mass is 452 g/mol. The summed E-state index contributed by atoms with van der Waals surface area (Å²) in [5, 5.41) is 22.4. The van der Waals surface area contributed by atoms with E-state index in [1.165, 1.54) is 0 Å². The van der Waals surface area contributed by atoms with Crippen LogP contribution in [0.4, 0.5) is 0 Å². The molecule has 0 bridgehead atoms. The third-order valence-corrected chi connectivity index (χ3v) is 5.39. The van der Waals surface area contributed by atoms with E-state index in [4.69, 9.17) is 0 Å². The normalized spacial score (nSPS) is 12.0. The van der Waals surface area contributed by atoms with Crippen LogP contribution in [0.25, 0.3) is 11.1 Å². The Labute approximate surface area is 199 Å². The summed E-state index contributed by atoms with van der Waals surface area (Å²) in [7, 11) is 0. The van der Waals surface area contributed by atoms with Gasteiger partial charge in [0.25, 0.3) is 6.54 Å². The van der Waals surface area contributed by atoms with Crippen LogP contribution < -0.4 is 19.2 Å². The van der Waals surface area contributed by atoms with Crippen molar-refractivity contribution in [2.45, 2.75) is 26.2 Å². The number of nitrogens with one attached hydrogen (secondary N) is 1. The van der Waals surface area contributed by atoms with Crippen LogP contribution >= 0.6 is 0 Å². The van der Waals surface area contributed by atoms with Gasteiger partial charge in [-0.05, 0) is 16.7 Å². The number of aliphatic imine (C=N–C) groups is 1.